The smallest absolute Gasteiger partial charge is 0.159 e. The van der Waals surface area contributed by atoms with Gasteiger partial charge in [-0.15, -0.1) is 0 Å². The summed E-state index contributed by atoms with van der Waals surface area (Å²) >= 11 is 0. The molecule has 2 aliphatic carbocycles. The second-order valence-electron chi connectivity index (χ2n) is 7.74. The van der Waals surface area contributed by atoms with Crippen molar-refractivity contribution in [2.45, 2.75) is 58.4 Å². The van der Waals surface area contributed by atoms with Gasteiger partial charge in [-0.25, -0.2) is 0 Å². The molecule has 7 nitrogen and oxygen atoms in total. The van der Waals surface area contributed by atoms with Crippen LogP contribution in [0.15, 0.2) is 12.2 Å². The van der Waals surface area contributed by atoms with Crippen LogP contribution in [0.25, 0.3) is 0 Å². The van der Waals surface area contributed by atoms with E-state index in [1.54, 1.807) is 0 Å². The molecule has 4 N–H and O–H groups in total. The highest BCUT2D eigenvalue weighted by atomic mass is 16.7. The van der Waals surface area contributed by atoms with E-state index in [1.165, 1.54) is 0 Å². The summed E-state index contributed by atoms with van der Waals surface area (Å²) in [5.41, 5.74) is -0.376. The van der Waals surface area contributed by atoms with Crippen LogP contribution in [-0.4, -0.2) is 65.2 Å². The zero-order valence-electron chi connectivity index (χ0n) is 15.2. The monoisotopic (exact) mass is 360 g/mol. The Balaban J connectivity index is 1.63. The number of hydrogen-bond donors (Lipinski definition) is 4. The van der Waals surface area contributed by atoms with Gasteiger partial charge in [0.25, 0.3) is 0 Å². The first-order valence-corrected chi connectivity index (χ1v) is 8.97. The minimum absolute atomic E-state index is 0.0161. The van der Waals surface area contributed by atoms with Gasteiger partial charge in [0.1, 0.15) is 12.9 Å². The van der Waals surface area contributed by atoms with Crippen molar-refractivity contribution in [3.63, 3.8) is 0 Å². The molecular weight excluding hydrogens is 328 g/mol. The molecule has 2 aliphatic rings. The number of ether oxygens (including phenoxy) is 3. The van der Waals surface area contributed by atoms with Crippen LogP contribution in [0.3, 0.4) is 0 Å². The fourth-order valence-electron chi connectivity index (χ4n) is 3.40. The summed E-state index contributed by atoms with van der Waals surface area (Å²) in [6, 6.07) is 0. The van der Waals surface area contributed by atoms with E-state index in [-0.39, 0.29) is 49.3 Å². The van der Waals surface area contributed by atoms with Crippen molar-refractivity contribution in [1.82, 2.24) is 0 Å². The van der Waals surface area contributed by atoms with Crippen LogP contribution in [0, 0.1) is 23.2 Å². The average molecular weight is 360 g/mol. The Kier molecular flexibility index (Phi) is 7.40. The molecule has 0 aromatic carbocycles. The molecule has 2 bridgehead atoms. The zero-order valence-corrected chi connectivity index (χ0v) is 15.2. The Morgan fingerprint density at radius 1 is 1.08 bits per heavy atom. The van der Waals surface area contributed by atoms with Crippen molar-refractivity contribution in [2.75, 3.05) is 20.0 Å². The lowest BCUT2D eigenvalue weighted by Gasteiger charge is -2.30. The minimum Gasteiger partial charge on any atom is -0.388 e. The van der Waals surface area contributed by atoms with Crippen LogP contribution in [0.5, 0.6) is 0 Å². The Hall–Kier alpha value is -0.540. The quantitative estimate of drug-likeness (QED) is 0.243. The molecule has 0 aliphatic heterocycles. The number of rotatable bonds is 11. The molecule has 1 fully saturated rings. The largest absolute Gasteiger partial charge is 0.388 e. The van der Waals surface area contributed by atoms with Crippen molar-refractivity contribution >= 4 is 0 Å². The van der Waals surface area contributed by atoms with E-state index in [4.69, 9.17) is 14.2 Å². The number of aliphatic hydroxyl groups excluding tert-OH is 3. The molecule has 6 unspecified atom stereocenters. The molecule has 2 rings (SSSR count). The lowest BCUT2D eigenvalue weighted by atomic mass is 9.89. The van der Waals surface area contributed by atoms with Gasteiger partial charge in [0, 0.05) is 17.3 Å². The predicted molar refractivity (Wildman–Crippen MR) is 90.2 cm³/mol. The normalized spacial score (nSPS) is 31.0. The molecule has 1 saturated carbocycles. The minimum atomic E-state index is -1.41. The van der Waals surface area contributed by atoms with Gasteiger partial charge in [-0.05, 0) is 18.8 Å². The van der Waals surface area contributed by atoms with Gasteiger partial charge >= 0.3 is 0 Å². The summed E-state index contributed by atoms with van der Waals surface area (Å²) in [6.07, 6.45) is 2.18. The fourth-order valence-corrected chi connectivity index (χ4v) is 3.40. The molecule has 0 aromatic heterocycles. The van der Waals surface area contributed by atoms with E-state index in [1.807, 2.05) is 32.9 Å². The molecule has 0 aromatic rings. The average Bonchev–Trinajstić information content (AvgIpc) is 3.17. The van der Waals surface area contributed by atoms with Crippen LogP contribution >= 0.6 is 0 Å². The molecule has 0 saturated heterocycles. The molecule has 25 heavy (non-hydrogen) atoms. The molecule has 0 radical (unpaired) electrons. The van der Waals surface area contributed by atoms with Crippen molar-refractivity contribution in [1.29, 1.82) is 0 Å². The summed E-state index contributed by atoms with van der Waals surface area (Å²) in [5.74, 6) is -0.0178. The van der Waals surface area contributed by atoms with Gasteiger partial charge in [0.2, 0.25) is 0 Å². The second kappa shape index (κ2) is 8.90. The first-order valence-electron chi connectivity index (χ1n) is 8.97. The highest BCUT2D eigenvalue weighted by Crippen LogP contribution is 2.46. The molecule has 0 heterocycles. The third-order valence-corrected chi connectivity index (χ3v) is 5.47. The first-order chi connectivity index (χ1) is 11.8. The first kappa shape index (κ1) is 20.8. The summed E-state index contributed by atoms with van der Waals surface area (Å²) in [4.78, 5) is 0. The van der Waals surface area contributed by atoms with Gasteiger partial charge in [0.05, 0.1) is 19.3 Å². The van der Waals surface area contributed by atoms with Crippen LogP contribution < -0.4 is 0 Å². The molecular formula is C18H32O7. The third-order valence-electron chi connectivity index (χ3n) is 5.47. The van der Waals surface area contributed by atoms with Crippen LogP contribution in [0.4, 0.5) is 0 Å². The third kappa shape index (κ3) is 5.23. The van der Waals surface area contributed by atoms with Gasteiger partial charge in [-0.2, -0.15) is 0 Å². The van der Waals surface area contributed by atoms with Gasteiger partial charge in [-0.1, -0.05) is 32.9 Å². The summed E-state index contributed by atoms with van der Waals surface area (Å²) in [5, 5.41) is 38.8. The molecule has 7 heteroatoms. The molecule has 0 spiro atoms. The zero-order chi connectivity index (χ0) is 18.6. The van der Waals surface area contributed by atoms with E-state index in [2.05, 4.69) is 0 Å². The predicted octanol–water partition coefficient (Wildman–Crippen LogP) is 0.611. The van der Waals surface area contributed by atoms with Crippen LogP contribution in [0.2, 0.25) is 0 Å². The number of hydrogen-bond acceptors (Lipinski definition) is 7. The van der Waals surface area contributed by atoms with E-state index in [0.717, 1.165) is 12.8 Å². The van der Waals surface area contributed by atoms with E-state index < -0.39 is 18.7 Å². The lowest BCUT2D eigenvalue weighted by molar-refractivity contribution is -0.193. The summed E-state index contributed by atoms with van der Waals surface area (Å²) < 4.78 is 16.3. The van der Waals surface area contributed by atoms with E-state index in [9.17, 15) is 20.4 Å². The number of aliphatic hydroxyl groups is 4. The highest BCUT2D eigenvalue weighted by molar-refractivity contribution is 5.15. The number of allylic oxidation sites excluding steroid dienone is 1. The number of fused-ring (bicyclic) bond motifs is 2. The van der Waals surface area contributed by atoms with Crippen molar-refractivity contribution < 1.29 is 34.6 Å². The van der Waals surface area contributed by atoms with E-state index in [0.29, 0.717) is 0 Å². The maximum absolute atomic E-state index is 9.93. The highest BCUT2D eigenvalue weighted by Gasteiger charge is 2.48. The second-order valence-corrected chi connectivity index (χ2v) is 7.74. The lowest BCUT2D eigenvalue weighted by Crippen LogP contribution is -2.37. The van der Waals surface area contributed by atoms with Crippen molar-refractivity contribution in [3.05, 3.63) is 12.2 Å². The summed E-state index contributed by atoms with van der Waals surface area (Å²) in [6.45, 7) is 5.70. The van der Waals surface area contributed by atoms with Gasteiger partial charge in [0.15, 0.2) is 12.6 Å². The summed E-state index contributed by atoms with van der Waals surface area (Å²) in [7, 11) is 0. The Bertz CT molecular complexity index is 437. The molecule has 6 atom stereocenters. The van der Waals surface area contributed by atoms with Gasteiger partial charge < -0.3 is 34.6 Å². The molecule has 146 valence electrons. The SMILES string of the molecule is CCC(C)(C)C(O)OCC(O)COCOC1C2C=CC(C2)C1C(O)O. The van der Waals surface area contributed by atoms with Crippen molar-refractivity contribution in [3.8, 4) is 0 Å². The topological polar surface area (TPSA) is 109 Å². The van der Waals surface area contributed by atoms with Crippen molar-refractivity contribution in [2.24, 2.45) is 23.2 Å². The van der Waals surface area contributed by atoms with Gasteiger partial charge in [-0.3, -0.25) is 0 Å². The Morgan fingerprint density at radius 3 is 2.40 bits per heavy atom. The Morgan fingerprint density at radius 2 is 1.76 bits per heavy atom. The maximum atomic E-state index is 9.93. The van der Waals surface area contributed by atoms with Crippen LogP contribution in [-0.2, 0) is 14.2 Å². The Labute approximate surface area is 149 Å². The van der Waals surface area contributed by atoms with Crippen LogP contribution in [0.1, 0.15) is 33.6 Å². The molecule has 0 amide bonds. The van der Waals surface area contributed by atoms with E-state index >= 15 is 0 Å². The maximum Gasteiger partial charge on any atom is 0.159 e. The fraction of sp³-hybridized carbons (Fsp3) is 0.889. The standard InChI is InChI=1S/C18H32O7/c1-4-18(2,3)17(22)24-9-13(19)8-23-10-25-15-12-6-5-11(7-12)14(15)16(20)21/h5-6,11-17,19-22H,4,7-10H2,1-3H3.